The molecule has 1 saturated heterocycles. The van der Waals surface area contributed by atoms with E-state index in [1.54, 1.807) is 11.7 Å². The highest BCUT2D eigenvalue weighted by molar-refractivity contribution is 7.16. The van der Waals surface area contributed by atoms with Crippen molar-refractivity contribution in [1.29, 1.82) is 5.26 Å². The number of piperidine rings is 1. The molecule has 0 bridgehead atoms. The number of hydrogen-bond donors (Lipinski definition) is 2. The maximum atomic E-state index is 12.4. The maximum Gasteiger partial charge on any atom is 0.308 e. The Hall–Kier alpha value is -2.99. The van der Waals surface area contributed by atoms with Gasteiger partial charge in [0, 0.05) is 13.5 Å². The molecule has 33 heavy (non-hydrogen) atoms. The normalized spacial score (nSPS) is 16.9. The van der Waals surface area contributed by atoms with Gasteiger partial charge >= 0.3 is 4.87 Å². The zero-order valence-electron chi connectivity index (χ0n) is 18.7. The van der Waals surface area contributed by atoms with Crippen LogP contribution in [-0.4, -0.2) is 42.8 Å². The molecule has 0 radical (unpaired) electrons. The number of nitrogens with one attached hydrogen (secondary N) is 2. The van der Waals surface area contributed by atoms with Crippen molar-refractivity contribution in [3.05, 3.63) is 57.7 Å². The van der Waals surface area contributed by atoms with Crippen LogP contribution in [0.2, 0.25) is 0 Å². The van der Waals surface area contributed by atoms with Gasteiger partial charge in [0.05, 0.1) is 35.5 Å². The first-order chi connectivity index (χ1) is 16.1. The number of aromatic nitrogens is 1. The summed E-state index contributed by atoms with van der Waals surface area (Å²) in [5, 5.41) is 15.6. The Morgan fingerprint density at radius 1 is 1.27 bits per heavy atom. The van der Waals surface area contributed by atoms with Crippen LogP contribution in [0, 0.1) is 11.3 Å². The number of rotatable bonds is 8. The summed E-state index contributed by atoms with van der Waals surface area (Å²) in [7, 11) is 1.63. The van der Waals surface area contributed by atoms with Crippen molar-refractivity contribution in [1.82, 2.24) is 15.2 Å². The number of hydrogen-bond acceptors (Lipinski definition) is 6. The Labute approximate surface area is 197 Å². The van der Waals surface area contributed by atoms with Gasteiger partial charge in [-0.25, -0.2) is 0 Å². The summed E-state index contributed by atoms with van der Waals surface area (Å²) in [6.07, 6.45) is 3.38. The molecule has 2 N–H and O–H groups in total. The largest absolute Gasteiger partial charge is 0.383 e. The second-order valence-electron chi connectivity index (χ2n) is 8.29. The van der Waals surface area contributed by atoms with E-state index < -0.39 is 6.04 Å². The second-order valence-corrected chi connectivity index (χ2v) is 9.28. The molecule has 0 saturated carbocycles. The third-order valence-corrected chi connectivity index (χ3v) is 6.97. The molecule has 4 rings (SSSR count). The summed E-state index contributed by atoms with van der Waals surface area (Å²) < 4.78 is 7.85. The van der Waals surface area contributed by atoms with Gasteiger partial charge in [0.1, 0.15) is 6.04 Å². The zero-order valence-corrected chi connectivity index (χ0v) is 19.5. The van der Waals surface area contributed by atoms with Crippen molar-refractivity contribution in [2.45, 2.75) is 44.3 Å². The van der Waals surface area contributed by atoms with Crippen molar-refractivity contribution >= 4 is 27.5 Å². The van der Waals surface area contributed by atoms with Crippen molar-refractivity contribution in [2.75, 3.05) is 20.3 Å². The summed E-state index contributed by atoms with van der Waals surface area (Å²) in [4.78, 5) is 24.8. The molecule has 1 unspecified atom stereocenters. The Balaban J connectivity index is 1.46. The van der Waals surface area contributed by atoms with Gasteiger partial charge < -0.3 is 15.4 Å². The van der Waals surface area contributed by atoms with Crippen molar-refractivity contribution < 1.29 is 9.53 Å². The molecule has 1 amide bonds. The zero-order chi connectivity index (χ0) is 23.2. The molecule has 0 aliphatic carbocycles. The minimum Gasteiger partial charge on any atom is -0.383 e. The lowest BCUT2D eigenvalue weighted by Crippen LogP contribution is -2.49. The molecule has 0 spiro atoms. The molecule has 172 valence electrons. The first-order valence-electron chi connectivity index (χ1n) is 11.2. The predicted octanol–water partition coefficient (Wildman–Crippen LogP) is 3.07. The number of nitrogens with zero attached hydrogens (tertiary/aromatic N) is 2. The number of ether oxygens (including phenoxy) is 1. The standard InChI is InChI=1S/C25H28N4O3S/c1-32-13-12-29-22-15-19(9-10-23(22)33-25(29)31)18-7-5-17(6-8-18)14-20(16-26)28-24(30)21-4-2-3-11-27-21/h5-10,15,20-21,27H,2-4,11-14H2,1H3,(H,28,30)/t20-,21?/m0/s1. The second kappa shape index (κ2) is 10.8. The minimum absolute atomic E-state index is 0.0163. The molecule has 2 heterocycles. The number of methoxy groups -OCH3 is 1. The van der Waals surface area contributed by atoms with Gasteiger partial charge in [0.25, 0.3) is 0 Å². The highest BCUT2D eigenvalue weighted by atomic mass is 32.1. The topological polar surface area (TPSA) is 96.2 Å². The van der Waals surface area contributed by atoms with E-state index in [-0.39, 0.29) is 16.8 Å². The highest BCUT2D eigenvalue weighted by Crippen LogP contribution is 2.26. The number of benzene rings is 2. The lowest BCUT2D eigenvalue weighted by Gasteiger charge is -2.23. The molecular formula is C25H28N4O3S. The van der Waals surface area contributed by atoms with Crippen LogP contribution < -0.4 is 15.5 Å². The van der Waals surface area contributed by atoms with Crippen LogP contribution in [0.3, 0.4) is 0 Å². The lowest BCUT2D eigenvalue weighted by atomic mass is 10.00. The van der Waals surface area contributed by atoms with Gasteiger partial charge in [0.15, 0.2) is 0 Å². The van der Waals surface area contributed by atoms with E-state index in [0.717, 1.165) is 52.7 Å². The summed E-state index contributed by atoms with van der Waals surface area (Å²) in [6.45, 7) is 1.85. The fourth-order valence-electron chi connectivity index (χ4n) is 4.18. The average Bonchev–Trinajstić information content (AvgIpc) is 3.17. The van der Waals surface area contributed by atoms with Crippen LogP contribution in [0.15, 0.2) is 47.3 Å². The fourth-order valence-corrected chi connectivity index (χ4v) is 5.08. The van der Waals surface area contributed by atoms with Crippen LogP contribution >= 0.6 is 11.3 Å². The monoisotopic (exact) mass is 464 g/mol. The first kappa shape index (κ1) is 23.2. The number of carbonyl (C=O) groups is 1. The molecule has 8 heteroatoms. The number of carbonyl (C=O) groups excluding carboxylic acids is 1. The van der Waals surface area contributed by atoms with E-state index in [9.17, 15) is 14.9 Å². The maximum absolute atomic E-state index is 12.4. The lowest BCUT2D eigenvalue weighted by molar-refractivity contribution is -0.124. The van der Waals surface area contributed by atoms with E-state index >= 15 is 0 Å². The molecule has 2 aromatic carbocycles. The quantitative estimate of drug-likeness (QED) is 0.534. The molecule has 1 aliphatic heterocycles. The number of amides is 1. The van der Waals surface area contributed by atoms with E-state index in [1.807, 2.05) is 42.5 Å². The van der Waals surface area contributed by atoms with Crippen molar-refractivity contribution in [2.24, 2.45) is 0 Å². The molecule has 1 aliphatic rings. The van der Waals surface area contributed by atoms with Crippen molar-refractivity contribution in [3.8, 4) is 17.2 Å². The molecule has 2 atom stereocenters. The smallest absolute Gasteiger partial charge is 0.308 e. The Morgan fingerprint density at radius 2 is 2.06 bits per heavy atom. The van der Waals surface area contributed by atoms with Crippen LogP contribution in [0.1, 0.15) is 24.8 Å². The van der Waals surface area contributed by atoms with E-state index in [0.29, 0.717) is 19.6 Å². The van der Waals surface area contributed by atoms with Crippen LogP contribution in [0.25, 0.3) is 21.3 Å². The third-order valence-electron chi connectivity index (χ3n) is 6.01. The molecule has 1 aromatic heterocycles. The van der Waals surface area contributed by atoms with Crippen LogP contribution in [0.4, 0.5) is 0 Å². The fraction of sp³-hybridized carbons (Fsp3) is 0.400. The molecule has 1 fully saturated rings. The van der Waals surface area contributed by atoms with E-state index in [4.69, 9.17) is 4.74 Å². The number of thiazole rings is 1. The van der Waals surface area contributed by atoms with E-state index in [2.05, 4.69) is 16.7 Å². The SMILES string of the molecule is COCCn1c(=O)sc2ccc(-c3ccc(C[C@@H](C#N)NC(=O)C4CCCCN4)cc3)cc21. The summed E-state index contributed by atoms with van der Waals surface area (Å²) in [5.74, 6) is -0.0959. The predicted molar refractivity (Wildman–Crippen MR) is 130 cm³/mol. The van der Waals surface area contributed by atoms with Crippen LogP contribution in [-0.2, 0) is 22.5 Å². The molecule has 7 nitrogen and oxygen atoms in total. The first-order valence-corrected chi connectivity index (χ1v) is 12.1. The number of fused-ring (bicyclic) bond motifs is 1. The molecular weight excluding hydrogens is 436 g/mol. The summed E-state index contributed by atoms with van der Waals surface area (Å²) >= 11 is 1.24. The molecule has 3 aromatic rings. The van der Waals surface area contributed by atoms with Gasteiger partial charge in [-0.05, 0) is 48.2 Å². The third kappa shape index (κ3) is 5.50. The Morgan fingerprint density at radius 3 is 2.76 bits per heavy atom. The van der Waals surface area contributed by atoms with Gasteiger partial charge in [-0.2, -0.15) is 5.26 Å². The van der Waals surface area contributed by atoms with Crippen LogP contribution in [0.5, 0.6) is 0 Å². The summed E-state index contributed by atoms with van der Waals surface area (Å²) in [5.41, 5.74) is 3.94. The van der Waals surface area contributed by atoms with Gasteiger partial charge in [-0.3, -0.25) is 14.2 Å². The highest BCUT2D eigenvalue weighted by Gasteiger charge is 2.23. The van der Waals surface area contributed by atoms with E-state index in [1.165, 1.54) is 11.3 Å². The Bertz CT molecular complexity index is 1200. The van der Waals surface area contributed by atoms with Gasteiger partial charge in [-0.15, -0.1) is 0 Å². The average molecular weight is 465 g/mol. The Kier molecular flexibility index (Phi) is 7.55. The van der Waals surface area contributed by atoms with Gasteiger partial charge in [-0.1, -0.05) is 48.1 Å². The number of nitriles is 1. The minimum atomic E-state index is -0.565. The van der Waals surface area contributed by atoms with Gasteiger partial charge in [0.2, 0.25) is 5.91 Å². The summed E-state index contributed by atoms with van der Waals surface area (Å²) in [6, 6.07) is 15.5. The van der Waals surface area contributed by atoms with Crippen molar-refractivity contribution in [3.63, 3.8) is 0 Å².